The third-order valence-electron chi connectivity index (χ3n) is 7.27. The molecule has 0 heterocycles. The fourth-order valence-corrected chi connectivity index (χ4v) is 5.30. The fraction of sp³-hybridized carbons (Fsp3) is 0.333. The molecule has 0 aromatic heterocycles. The second kappa shape index (κ2) is 14.8. The van der Waals surface area contributed by atoms with E-state index >= 15 is 0 Å². The highest BCUT2D eigenvalue weighted by atomic mass is 35.5. The van der Waals surface area contributed by atoms with Gasteiger partial charge in [-0.15, -0.1) is 0 Å². The molecule has 0 radical (unpaired) electrons. The molecule has 0 saturated carbocycles. The van der Waals surface area contributed by atoms with Crippen molar-refractivity contribution in [3.8, 4) is 39.1 Å². The zero-order chi connectivity index (χ0) is 26.6. The molecule has 2 heteroatoms. The molecule has 198 valence electrons. The minimum Gasteiger partial charge on any atom is -0.494 e. The van der Waals surface area contributed by atoms with Gasteiger partial charge in [0.25, 0.3) is 0 Å². The van der Waals surface area contributed by atoms with Crippen molar-refractivity contribution in [3.05, 3.63) is 102 Å². The van der Waals surface area contributed by atoms with E-state index < -0.39 is 0 Å². The van der Waals surface area contributed by atoms with Gasteiger partial charge in [0.2, 0.25) is 0 Å². The quantitative estimate of drug-likeness (QED) is 0.149. The van der Waals surface area contributed by atoms with Crippen LogP contribution >= 0.6 is 11.6 Å². The van der Waals surface area contributed by atoms with E-state index in [4.69, 9.17) is 16.3 Å². The number of halogens is 1. The number of hydrogen-bond acceptors (Lipinski definition) is 1. The minimum absolute atomic E-state index is 0.665. The van der Waals surface area contributed by atoms with Crippen LogP contribution < -0.4 is 4.74 Å². The molecule has 4 aromatic rings. The molecule has 0 unspecified atom stereocenters. The van der Waals surface area contributed by atoms with Gasteiger partial charge in [0.15, 0.2) is 0 Å². The molecule has 0 fully saturated rings. The second-order valence-electron chi connectivity index (χ2n) is 10.2. The third-order valence-corrected chi connectivity index (χ3v) is 7.58. The van der Waals surface area contributed by atoms with Crippen LogP contribution in [0.3, 0.4) is 0 Å². The van der Waals surface area contributed by atoms with Crippen LogP contribution in [0.5, 0.6) is 5.75 Å². The average Bonchev–Trinajstić information content (AvgIpc) is 2.96. The van der Waals surface area contributed by atoms with Crippen LogP contribution in [0.2, 0.25) is 5.02 Å². The van der Waals surface area contributed by atoms with E-state index in [9.17, 15) is 0 Å². The zero-order valence-corrected chi connectivity index (χ0v) is 23.8. The Bertz CT molecular complexity index is 1240. The summed E-state index contributed by atoms with van der Waals surface area (Å²) in [5.41, 5.74) is 8.36. The van der Waals surface area contributed by atoms with Gasteiger partial charge in [-0.3, -0.25) is 0 Å². The fourth-order valence-electron chi connectivity index (χ4n) is 5.01. The highest BCUT2D eigenvalue weighted by molar-refractivity contribution is 6.33. The maximum Gasteiger partial charge on any atom is 0.119 e. The summed E-state index contributed by atoms with van der Waals surface area (Å²) in [5.74, 6) is 0.877. The molecular formula is C36H41ClO. The molecule has 0 atom stereocenters. The van der Waals surface area contributed by atoms with Crippen molar-refractivity contribution in [2.75, 3.05) is 6.61 Å². The van der Waals surface area contributed by atoms with Crippen molar-refractivity contribution in [1.82, 2.24) is 0 Å². The largest absolute Gasteiger partial charge is 0.494 e. The Balaban J connectivity index is 1.32. The second-order valence-corrected chi connectivity index (χ2v) is 10.6. The Kier molecular flexibility index (Phi) is 10.9. The summed E-state index contributed by atoms with van der Waals surface area (Å²) in [5, 5.41) is 0.753. The van der Waals surface area contributed by atoms with E-state index in [1.165, 1.54) is 80.0 Å². The predicted molar refractivity (Wildman–Crippen MR) is 165 cm³/mol. The van der Waals surface area contributed by atoms with Crippen molar-refractivity contribution >= 4 is 11.6 Å². The molecule has 0 aliphatic heterocycles. The first-order valence-corrected chi connectivity index (χ1v) is 14.8. The van der Waals surface area contributed by atoms with E-state index in [-0.39, 0.29) is 0 Å². The molecule has 4 aromatic carbocycles. The smallest absolute Gasteiger partial charge is 0.119 e. The lowest BCUT2D eigenvalue weighted by atomic mass is 9.97. The van der Waals surface area contributed by atoms with E-state index in [1.807, 2.05) is 19.1 Å². The molecule has 0 N–H and O–H groups in total. The summed E-state index contributed by atoms with van der Waals surface area (Å²) in [6.45, 7) is 4.94. The SMILES string of the molecule is CCCCCCCCCCc1ccc(-c2ccc(-c3ccc(-c4ccc(OCC)cc4)c(Cl)c3)cc2)cc1. The van der Waals surface area contributed by atoms with Crippen molar-refractivity contribution < 1.29 is 4.74 Å². The van der Waals surface area contributed by atoms with Gasteiger partial charge in [-0.25, -0.2) is 0 Å². The van der Waals surface area contributed by atoms with Crippen LogP contribution in [-0.2, 0) is 6.42 Å². The highest BCUT2D eigenvalue weighted by Gasteiger charge is 2.08. The molecule has 4 rings (SSSR count). The van der Waals surface area contributed by atoms with Gasteiger partial charge >= 0.3 is 0 Å². The summed E-state index contributed by atoms with van der Waals surface area (Å²) in [7, 11) is 0. The van der Waals surface area contributed by atoms with Crippen molar-refractivity contribution in [3.63, 3.8) is 0 Å². The molecule has 38 heavy (non-hydrogen) atoms. The van der Waals surface area contributed by atoms with Crippen LogP contribution in [-0.4, -0.2) is 6.61 Å². The molecule has 0 aliphatic rings. The van der Waals surface area contributed by atoms with Crippen LogP contribution in [0.25, 0.3) is 33.4 Å². The lowest BCUT2D eigenvalue weighted by molar-refractivity contribution is 0.340. The third kappa shape index (κ3) is 7.98. The minimum atomic E-state index is 0.665. The van der Waals surface area contributed by atoms with Gasteiger partial charge in [-0.1, -0.05) is 136 Å². The van der Waals surface area contributed by atoms with Crippen molar-refractivity contribution in [2.45, 2.75) is 71.6 Å². The van der Waals surface area contributed by atoms with E-state index in [2.05, 4.69) is 85.8 Å². The van der Waals surface area contributed by atoms with Crippen LogP contribution in [0.15, 0.2) is 91.0 Å². The Hall–Kier alpha value is -3.03. The van der Waals surface area contributed by atoms with Crippen LogP contribution in [0.1, 0.15) is 70.8 Å². The van der Waals surface area contributed by atoms with Gasteiger partial charge in [-0.2, -0.15) is 0 Å². The van der Waals surface area contributed by atoms with Crippen LogP contribution in [0.4, 0.5) is 0 Å². The molecule has 0 amide bonds. The molecule has 0 saturated heterocycles. The van der Waals surface area contributed by atoms with E-state index in [0.717, 1.165) is 27.5 Å². The summed E-state index contributed by atoms with van der Waals surface area (Å²) >= 11 is 6.70. The summed E-state index contributed by atoms with van der Waals surface area (Å²) in [6, 6.07) is 32.3. The maximum atomic E-state index is 6.70. The van der Waals surface area contributed by atoms with Gasteiger partial charge < -0.3 is 4.74 Å². The molecule has 0 spiro atoms. The molecule has 1 nitrogen and oxygen atoms in total. The summed E-state index contributed by atoms with van der Waals surface area (Å²) in [6.07, 6.45) is 12.1. The monoisotopic (exact) mass is 524 g/mol. The van der Waals surface area contributed by atoms with Gasteiger partial charge in [0.05, 0.1) is 6.61 Å². The number of hydrogen-bond donors (Lipinski definition) is 0. The number of rotatable bonds is 14. The first kappa shape index (κ1) is 28.0. The van der Waals surface area contributed by atoms with Gasteiger partial charge in [-0.05, 0) is 71.3 Å². The first-order valence-electron chi connectivity index (χ1n) is 14.4. The topological polar surface area (TPSA) is 9.23 Å². The Morgan fingerprint density at radius 3 is 1.61 bits per heavy atom. The Morgan fingerprint density at radius 2 is 1.03 bits per heavy atom. The predicted octanol–water partition coefficient (Wildman–Crippen LogP) is 11.4. The average molecular weight is 525 g/mol. The standard InChI is InChI=1S/C36H41ClO/c1-3-5-6-7-8-9-10-11-12-28-13-15-29(16-14-28)30-17-19-31(20-18-30)33-23-26-35(36(37)27-33)32-21-24-34(25-22-32)38-4-2/h13-27H,3-12H2,1-2H3. The molecular weight excluding hydrogens is 484 g/mol. The lowest BCUT2D eigenvalue weighted by Crippen LogP contribution is -1.90. The Morgan fingerprint density at radius 1 is 0.526 bits per heavy atom. The number of unbranched alkanes of at least 4 members (excludes halogenated alkanes) is 7. The van der Waals surface area contributed by atoms with Crippen LogP contribution in [0, 0.1) is 0 Å². The lowest BCUT2D eigenvalue weighted by Gasteiger charge is -2.10. The van der Waals surface area contributed by atoms with Gasteiger partial charge in [0, 0.05) is 10.6 Å². The van der Waals surface area contributed by atoms with E-state index in [0.29, 0.717) is 6.61 Å². The number of ether oxygens (including phenoxy) is 1. The summed E-state index contributed by atoms with van der Waals surface area (Å²) in [4.78, 5) is 0. The molecule has 0 aliphatic carbocycles. The van der Waals surface area contributed by atoms with Gasteiger partial charge in [0.1, 0.15) is 5.75 Å². The van der Waals surface area contributed by atoms with Crippen molar-refractivity contribution in [2.24, 2.45) is 0 Å². The summed E-state index contributed by atoms with van der Waals surface area (Å²) < 4.78 is 5.55. The highest BCUT2D eigenvalue weighted by Crippen LogP contribution is 2.34. The first-order chi connectivity index (χ1) is 18.7. The molecule has 0 bridgehead atoms. The van der Waals surface area contributed by atoms with E-state index in [1.54, 1.807) is 0 Å². The number of benzene rings is 4. The maximum absolute atomic E-state index is 6.70. The number of aryl methyl sites for hydroxylation is 1. The van der Waals surface area contributed by atoms with Crippen molar-refractivity contribution in [1.29, 1.82) is 0 Å². The zero-order valence-electron chi connectivity index (χ0n) is 23.0. The normalized spacial score (nSPS) is 11.0. The Labute approximate surface area is 234 Å².